The maximum absolute atomic E-state index is 12.7. The minimum Gasteiger partial charge on any atom is -0.326 e. The topological polar surface area (TPSA) is 61.0 Å². The number of aromatic nitrogens is 2. The summed E-state index contributed by atoms with van der Waals surface area (Å²) in [6, 6.07) is 18.7. The standard InChI is InChI=1S/C24H28N4OS/c1-17(2)30-16-19-8-10-20(11-9-19)25-24-26-22-12-13-28(15-21(22)23(29)27-24)14-18-6-4-3-5-7-18/h3-11,17H,12-16H2,1-2H3,(H2,25,26,27,29). The molecule has 5 nitrogen and oxygen atoms in total. The average molecular weight is 421 g/mol. The number of aromatic amines is 1. The quantitative estimate of drug-likeness (QED) is 0.579. The van der Waals surface area contributed by atoms with Crippen molar-refractivity contribution < 1.29 is 0 Å². The van der Waals surface area contributed by atoms with Crippen LogP contribution in [-0.2, 0) is 25.3 Å². The third kappa shape index (κ3) is 5.32. The van der Waals surface area contributed by atoms with E-state index in [4.69, 9.17) is 4.98 Å². The fourth-order valence-corrected chi connectivity index (χ4v) is 4.32. The number of H-pyrrole nitrogens is 1. The zero-order chi connectivity index (χ0) is 20.9. The minimum atomic E-state index is -0.0507. The Hall–Kier alpha value is -2.57. The highest BCUT2D eigenvalue weighted by Crippen LogP contribution is 2.21. The molecule has 2 N–H and O–H groups in total. The van der Waals surface area contributed by atoms with E-state index in [1.54, 1.807) is 0 Å². The Morgan fingerprint density at radius 2 is 1.87 bits per heavy atom. The summed E-state index contributed by atoms with van der Waals surface area (Å²) in [5, 5.41) is 3.87. The maximum atomic E-state index is 12.7. The predicted octanol–water partition coefficient (Wildman–Crippen LogP) is 4.71. The first-order chi connectivity index (χ1) is 14.6. The maximum Gasteiger partial charge on any atom is 0.257 e. The van der Waals surface area contributed by atoms with Crippen LogP contribution >= 0.6 is 11.8 Å². The minimum absolute atomic E-state index is 0.0507. The van der Waals surface area contributed by atoms with Gasteiger partial charge in [-0.15, -0.1) is 0 Å². The number of anilines is 2. The van der Waals surface area contributed by atoms with Crippen LogP contribution < -0.4 is 10.9 Å². The summed E-state index contributed by atoms with van der Waals surface area (Å²) in [5.74, 6) is 1.52. The molecule has 0 bridgehead atoms. The van der Waals surface area contributed by atoms with Crippen molar-refractivity contribution in [2.45, 2.75) is 44.4 Å². The normalized spacial score (nSPS) is 14.0. The van der Waals surface area contributed by atoms with Crippen LogP contribution in [0.4, 0.5) is 11.6 Å². The Bertz CT molecular complexity index is 1030. The van der Waals surface area contributed by atoms with E-state index in [9.17, 15) is 4.79 Å². The molecule has 0 saturated heterocycles. The molecular formula is C24H28N4OS. The Labute approximate surface area is 181 Å². The van der Waals surface area contributed by atoms with Crippen LogP contribution in [0.3, 0.4) is 0 Å². The van der Waals surface area contributed by atoms with Crippen molar-refractivity contribution in [2.75, 3.05) is 11.9 Å². The summed E-state index contributed by atoms with van der Waals surface area (Å²) in [5.41, 5.74) is 5.12. The van der Waals surface area contributed by atoms with E-state index in [1.165, 1.54) is 11.1 Å². The molecule has 3 aromatic rings. The second kappa shape index (κ2) is 9.49. The molecule has 2 aromatic carbocycles. The fraction of sp³-hybridized carbons (Fsp3) is 0.333. The number of rotatable bonds is 7. The van der Waals surface area contributed by atoms with Crippen molar-refractivity contribution in [2.24, 2.45) is 0 Å². The van der Waals surface area contributed by atoms with Gasteiger partial charge in [-0.25, -0.2) is 4.98 Å². The molecule has 1 aliphatic rings. The van der Waals surface area contributed by atoms with Crippen molar-refractivity contribution in [3.05, 3.63) is 87.3 Å². The summed E-state index contributed by atoms with van der Waals surface area (Å²) in [4.78, 5) is 22.6. The molecule has 0 spiro atoms. The largest absolute Gasteiger partial charge is 0.326 e. The van der Waals surface area contributed by atoms with Crippen LogP contribution in [0, 0.1) is 0 Å². The highest BCUT2D eigenvalue weighted by atomic mass is 32.2. The second-order valence-corrected chi connectivity index (χ2v) is 9.53. The van der Waals surface area contributed by atoms with Gasteiger partial charge >= 0.3 is 0 Å². The highest BCUT2D eigenvalue weighted by molar-refractivity contribution is 7.99. The SMILES string of the molecule is CC(C)SCc1ccc(Nc2nc3c(c(=O)[nH]2)CN(Cc2ccccc2)CC3)cc1. The molecule has 0 atom stereocenters. The van der Waals surface area contributed by atoms with E-state index in [0.717, 1.165) is 42.2 Å². The molecule has 1 aromatic heterocycles. The lowest BCUT2D eigenvalue weighted by Gasteiger charge is -2.27. The number of nitrogens with zero attached hydrogens (tertiary/aromatic N) is 2. The summed E-state index contributed by atoms with van der Waals surface area (Å²) in [7, 11) is 0. The van der Waals surface area contributed by atoms with Crippen LogP contribution in [-0.4, -0.2) is 26.7 Å². The van der Waals surface area contributed by atoms with Gasteiger partial charge in [-0.05, 0) is 28.5 Å². The summed E-state index contributed by atoms with van der Waals surface area (Å²) in [6.45, 7) is 6.80. The fourth-order valence-electron chi connectivity index (χ4n) is 3.60. The highest BCUT2D eigenvalue weighted by Gasteiger charge is 2.21. The third-order valence-electron chi connectivity index (χ3n) is 5.20. The van der Waals surface area contributed by atoms with Crippen LogP contribution in [0.2, 0.25) is 0 Å². The molecule has 0 aliphatic carbocycles. The van der Waals surface area contributed by atoms with Gasteiger partial charge in [0.05, 0.1) is 11.3 Å². The number of hydrogen-bond donors (Lipinski definition) is 2. The van der Waals surface area contributed by atoms with Gasteiger partial charge in [0.2, 0.25) is 5.95 Å². The molecule has 0 radical (unpaired) electrons. The van der Waals surface area contributed by atoms with Crippen molar-refractivity contribution in [1.82, 2.24) is 14.9 Å². The molecule has 1 aliphatic heterocycles. The van der Waals surface area contributed by atoms with Gasteiger partial charge in [-0.2, -0.15) is 11.8 Å². The molecule has 0 saturated carbocycles. The van der Waals surface area contributed by atoms with Gasteiger partial charge in [0.1, 0.15) is 0 Å². The van der Waals surface area contributed by atoms with E-state index < -0.39 is 0 Å². The van der Waals surface area contributed by atoms with Gasteiger partial charge < -0.3 is 5.32 Å². The van der Waals surface area contributed by atoms with Crippen molar-refractivity contribution in [3.8, 4) is 0 Å². The molecule has 30 heavy (non-hydrogen) atoms. The number of nitrogens with one attached hydrogen (secondary N) is 2. The molecule has 156 valence electrons. The first kappa shape index (κ1) is 20.7. The van der Waals surface area contributed by atoms with Gasteiger partial charge in [0, 0.05) is 37.5 Å². The van der Waals surface area contributed by atoms with E-state index in [2.05, 4.69) is 65.4 Å². The smallest absolute Gasteiger partial charge is 0.257 e. The Balaban J connectivity index is 1.42. The lowest BCUT2D eigenvalue weighted by atomic mass is 10.1. The number of hydrogen-bond acceptors (Lipinski definition) is 5. The number of thioether (sulfide) groups is 1. The number of benzene rings is 2. The van der Waals surface area contributed by atoms with Gasteiger partial charge in [0.25, 0.3) is 5.56 Å². The van der Waals surface area contributed by atoms with Crippen molar-refractivity contribution in [1.29, 1.82) is 0 Å². The lowest BCUT2D eigenvalue weighted by Crippen LogP contribution is -2.35. The van der Waals surface area contributed by atoms with Gasteiger partial charge in [-0.1, -0.05) is 56.3 Å². The second-order valence-electron chi connectivity index (χ2n) is 7.97. The zero-order valence-corrected chi connectivity index (χ0v) is 18.3. The van der Waals surface area contributed by atoms with Crippen LogP contribution in [0.25, 0.3) is 0 Å². The monoisotopic (exact) mass is 420 g/mol. The average Bonchev–Trinajstić information content (AvgIpc) is 2.74. The molecule has 4 rings (SSSR count). The predicted molar refractivity (Wildman–Crippen MR) is 125 cm³/mol. The van der Waals surface area contributed by atoms with Crippen LogP contribution in [0.1, 0.15) is 36.2 Å². The van der Waals surface area contributed by atoms with Crippen molar-refractivity contribution in [3.63, 3.8) is 0 Å². The Kier molecular flexibility index (Phi) is 6.55. The van der Waals surface area contributed by atoms with Crippen molar-refractivity contribution >= 4 is 23.4 Å². The Morgan fingerprint density at radius 1 is 1.10 bits per heavy atom. The van der Waals surface area contributed by atoms with E-state index in [0.29, 0.717) is 17.7 Å². The summed E-state index contributed by atoms with van der Waals surface area (Å²) >= 11 is 1.93. The van der Waals surface area contributed by atoms with Crippen LogP contribution in [0.5, 0.6) is 0 Å². The first-order valence-electron chi connectivity index (χ1n) is 10.4. The first-order valence-corrected chi connectivity index (χ1v) is 11.5. The zero-order valence-electron chi connectivity index (χ0n) is 17.5. The molecule has 0 unspecified atom stereocenters. The molecule has 0 fully saturated rings. The molecule has 2 heterocycles. The van der Waals surface area contributed by atoms with E-state index in [-0.39, 0.29) is 5.56 Å². The summed E-state index contributed by atoms with van der Waals surface area (Å²) < 4.78 is 0. The summed E-state index contributed by atoms with van der Waals surface area (Å²) in [6.07, 6.45) is 0.784. The molecule has 0 amide bonds. The van der Waals surface area contributed by atoms with E-state index in [1.807, 2.05) is 30.0 Å². The lowest BCUT2D eigenvalue weighted by molar-refractivity contribution is 0.242. The van der Waals surface area contributed by atoms with Gasteiger partial charge in [-0.3, -0.25) is 14.7 Å². The Morgan fingerprint density at radius 3 is 2.60 bits per heavy atom. The third-order valence-corrected chi connectivity index (χ3v) is 6.36. The number of fused-ring (bicyclic) bond motifs is 1. The van der Waals surface area contributed by atoms with Crippen LogP contribution in [0.15, 0.2) is 59.4 Å². The molecule has 6 heteroatoms. The van der Waals surface area contributed by atoms with E-state index >= 15 is 0 Å². The molecular weight excluding hydrogens is 392 g/mol. The van der Waals surface area contributed by atoms with Gasteiger partial charge in [0.15, 0.2) is 0 Å².